The minimum absolute atomic E-state index is 0.0632. The lowest BCUT2D eigenvalue weighted by Crippen LogP contribution is -2.27. The Hall–Kier alpha value is -1.10. The molecule has 0 aromatic carbocycles. The topological polar surface area (TPSA) is 61.8 Å². The number of methoxy groups -OCH3 is 1. The van der Waals surface area contributed by atoms with Gasteiger partial charge in [-0.05, 0) is 20.3 Å². The third-order valence-electron chi connectivity index (χ3n) is 2.28. The number of rotatable bonds is 7. The number of esters is 2. The summed E-state index contributed by atoms with van der Waals surface area (Å²) in [7, 11) is 1.41. The molecule has 0 atom stereocenters. The largest absolute Gasteiger partial charge is 0.462 e. The smallest absolute Gasteiger partial charge is 0.332 e. The van der Waals surface area contributed by atoms with Crippen LogP contribution in [0.1, 0.15) is 27.2 Å². The van der Waals surface area contributed by atoms with Crippen LogP contribution in [0.25, 0.3) is 0 Å². The van der Waals surface area contributed by atoms with E-state index in [1.54, 1.807) is 0 Å². The van der Waals surface area contributed by atoms with Crippen LogP contribution in [0.3, 0.4) is 0 Å². The van der Waals surface area contributed by atoms with Gasteiger partial charge in [0.05, 0.1) is 5.41 Å². The third kappa shape index (κ3) is 5.70. The average molecular weight is 232 g/mol. The molecule has 5 nitrogen and oxygen atoms in total. The van der Waals surface area contributed by atoms with Crippen molar-refractivity contribution < 1.29 is 23.8 Å². The standard InChI is InChI=1S/C11H20O5/c1-5-11(2,3)10(13)16-7-6-15-9(12)8-14-4/h5-8H2,1-4H3. The fourth-order valence-corrected chi connectivity index (χ4v) is 0.789. The summed E-state index contributed by atoms with van der Waals surface area (Å²) >= 11 is 0. The lowest BCUT2D eigenvalue weighted by molar-refractivity contribution is -0.160. The van der Waals surface area contributed by atoms with E-state index < -0.39 is 11.4 Å². The second-order valence-electron chi connectivity index (χ2n) is 4.03. The van der Waals surface area contributed by atoms with Crippen LogP contribution < -0.4 is 0 Å². The zero-order chi connectivity index (χ0) is 12.6. The predicted molar refractivity (Wildman–Crippen MR) is 57.9 cm³/mol. The molecular weight excluding hydrogens is 212 g/mol. The number of hydrogen-bond donors (Lipinski definition) is 0. The molecular formula is C11H20O5. The summed E-state index contributed by atoms with van der Waals surface area (Å²) in [6.45, 7) is 5.60. The molecule has 0 aliphatic carbocycles. The first-order valence-electron chi connectivity index (χ1n) is 5.25. The van der Waals surface area contributed by atoms with Crippen molar-refractivity contribution in [2.24, 2.45) is 5.41 Å². The molecule has 16 heavy (non-hydrogen) atoms. The molecule has 0 bridgehead atoms. The Labute approximate surface area is 96.1 Å². The van der Waals surface area contributed by atoms with Crippen molar-refractivity contribution in [2.75, 3.05) is 26.9 Å². The Morgan fingerprint density at radius 3 is 2.19 bits per heavy atom. The molecule has 0 fully saturated rings. The average Bonchev–Trinajstić information content (AvgIpc) is 2.24. The Bertz CT molecular complexity index is 235. The fraction of sp³-hybridized carbons (Fsp3) is 0.818. The lowest BCUT2D eigenvalue weighted by Gasteiger charge is -2.20. The van der Waals surface area contributed by atoms with E-state index in [9.17, 15) is 9.59 Å². The van der Waals surface area contributed by atoms with Gasteiger partial charge in [0.25, 0.3) is 0 Å². The van der Waals surface area contributed by atoms with Crippen molar-refractivity contribution in [3.8, 4) is 0 Å². The van der Waals surface area contributed by atoms with Crippen LogP contribution in [0.5, 0.6) is 0 Å². The molecule has 0 spiro atoms. The molecule has 0 N–H and O–H groups in total. The van der Waals surface area contributed by atoms with Crippen molar-refractivity contribution in [1.29, 1.82) is 0 Å². The van der Waals surface area contributed by atoms with E-state index in [1.165, 1.54) is 7.11 Å². The highest BCUT2D eigenvalue weighted by molar-refractivity contribution is 5.75. The van der Waals surface area contributed by atoms with E-state index in [4.69, 9.17) is 9.47 Å². The van der Waals surface area contributed by atoms with Crippen molar-refractivity contribution in [3.05, 3.63) is 0 Å². The van der Waals surface area contributed by atoms with Gasteiger partial charge in [-0.15, -0.1) is 0 Å². The lowest BCUT2D eigenvalue weighted by atomic mass is 9.91. The van der Waals surface area contributed by atoms with Crippen molar-refractivity contribution in [1.82, 2.24) is 0 Å². The molecule has 0 radical (unpaired) electrons. The second-order valence-corrected chi connectivity index (χ2v) is 4.03. The molecule has 0 saturated carbocycles. The number of carbonyl (C=O) groups excluding carboxylic acids is 2. The molecule has 0 heterocycles. The van der Waals surface area contributed by atoms with Gasteiger partial charge in [-0.3, -0.25) is 4.79 Å². The molecule has 94 valence electrons. The zero-order valence-corrected chi connectivity index (χ0v) is 10.4. The minimum atomic E-state index is -0.490. The Morgan fingerprint density at radius 1 is 1.12 bits per heavy atom. The number of ether oxygens (including phenoxy) is 3. The molecule has 0 amide bonds. The maximum atomic E-state index is 11.5. The monoisotopic (exact) mass is 232 g/mol. The van der Waals surface area contributed by atoms with E-state index >= 15 is 0 Å². The van der Waals surface area contributed by atoms with Gasteiger partial charge in [0.15, 0.2) is 0 Å². The summed E-state index contributed by atoms with van der Waals surface area (Å²) in [5.74, 6) is -0.744. The minimum Gasteiger partial charge on any atom is -0.462 e. The summed E-state index contributed by atoms with van der Waals surface area (Å²) in [5.41, 5.74) is -0.490. The van der Waals surface area contributed by atoms with Gasteiger partial charge in [-0.25, -0.2) is 4.79 Å². The van der Waals surface area contributed by atoms with E-state index in [0.29, 0.717) is 6.42 Å². The highest BCUT2D eigenvalue weighted by Gasteiger charge is 2.26. The van der Waals surface area contributed by atoms with Crippen LogP contribution in [0.4, 0.5) is 0 Å². The first kappa shape index (κ1) is 14.9. The van der Waals surface area contributed by atoms with Gasteiger partial charge in [-0.1, -0.05) is 6.92 Å². The molecule has 0 aromatic heterocycles. The number of hydrogen-bond acceptors (Lipinski definition) is 5. The molecule has 0 saturated heterocycles. The predicted octanol–water partition coefficient (Wildman–Crippen LogP) is 1.16. The molecule has 0 unspecified atom stereocenters. The van der Waals surface area contributed by atoms with Crippen LogP contribution in [0, 0.1) is 5.41 Å². The molecule has 0 aromatic rings. The SMILES string of the molecule is CCC(C)(C)C(=O)OCCOC(=O)COC. The van der Waals surface area contributed by atoms with Crippen LogP contribution in [0.15, 0.2) is 0 Å². The van der Waals surface area contributed by atoms with Crippen LogP contribution in [-0.2, 0) is 23.8 Å². The Morgan fingerprint density at radius 2 is 1.69 bits per heavy atom. The quantitative estimate of drug-likeness (QED) is 0.487. The van der Waals surface area contributed by atoms with Gasteiger partial charge >= 0.3 is 11.9 Å². The summed E-state index contributed by atoms with van der Waals surface area (Å²) in [4.78, 5) is 22.3. The maximum absolute atomic E-state index is 11.5. The van der Waals surface area contributed by atoms with Gasteiger partial charge in [0, 0.05) is 7.11 Å². The fourth-order valence-electron chi connectivity index (χ4n) is 0.789. The Kier molecular flexibility index (Phi) is 6.72. The molecule has 0 aliphatic rings. The number of carbonyl (C=O) groups is 2. The first-order valence-corrected chi connectivity index (χ1v) is 5.25. The van der Waals surface area contributed by atoms with Gasteiger partial charge < -0.3 is 14.2 Å². The second kappa shape index (κ2) is 7.22. The van der Waals surface area contributed by atoms with E-state index in [0.717, 1.165) is 0 Å². The zero-order valence-electron chi connectivity index (χ0n) is 10.4. The first-order chi connectivity index (χ1) is 7.44. The van der Waals surface area contributed by atoms with E-state index in [-0.39, 0.29) is 25.8 Å². The van der Waals surface area contributed by atoms with Gasteiger partial charge in [0.1, 0.15) is 19.8 Å². The van der Waals surface area contributed by atoms with Crippen molar-refractivity contribution in [2.45, 2.75) is 27.2 Å². The molecule has 0 aliphatic heterocycles. The third-order valence-corrected chi connectivity index (χ3v) is 2.28. The van der Waals surface area contributed by atoms with Crippen molar-refractivity contribution >= 4 is 11.9 Å². The van der Waals surface area contributed by atoms with E-state index in [2.05, 4.69) is 4.74 Å². The van der Waals surface area contributed by atoms with E-state index in [1.807, 2.05) is 20.8 Å². The normalized spacial score (nSPS) is 11.0. The molecule has 0 rings (SSSR count). The maximum Gasteiger partial charge on any atom is 0.332 e. The highest BCUT2D eigenvalue weighted by Crippen LogP contribution is 2.21. The molecule has 5 heteroatoms. The highest BCUT2D eigenvalue weighted by atomic mass is 16.6. The summed E-state index contributed by atoms with van der Waals surface area (Å²) in [6.07, 6.45) is 0.704. The van der Waals surface area contributed by atoms with Crippen molar-refractivity contribution in [3.63, 3.8) is 0 Å². The summed E-state index contributed by atoms with van der Waals surface area (Å²) in [5, 5.41) is 0. The summed E-state index contributed by atoms with van der Waals surface area (Å²) in [6, 6.07) is 0. The van der Waals surface area contributed by atoms with Crippen LogP contribution in [0.2, 0.25) is 0 Å². The van der Waals surface area contributed by atoms with Crippen LogP contribution >= 0.6 is 0 Å². The van der Waals surface area contributed by atoms with Gasteiger partial charge in [-0.2, -0.15) is 0 Å². The van der Waals surface area contributed by atoms with Gasteiger partial charge in [0.2, 0.25) is 0 Å². The Balaban J connectivity index is 3.67. The summed E-state index contributed by atoms with van der Waals surface area (Å²) < 4.78 is 14.3. The van der Waals surface area contributed by atoms with Crippen LogP contribution in [-0.4, -0.2) is 38.9 Å².